The molecule has 9 heteroatoms. The second-order valence-electron chi connectivity index (χ2n) is 7.25. The minimum atomic E-state index is -4.45. The first kappa shape index (κ1) is 21.4. The predicted octanol–water partition coefficient (Wildman–Crippen LogP) is 5.67. The minimum absolute atomic E-state index is 0.0496. The average molecular weight is 440 g/mol. The molecule has 1 aliphatic heterocycles. The van der Waals surface area contributed by atoms with Crippen LogP contribution in [-0.4, -0.2) is 39.2 Å². The van der Waals surface area contributed by atoms with Gasteiger partial charge in [-0.2, -0.15) is 13.2 Å². The van der Waals surface area contributed by atoms with Gasteiger partial charge in [0.2, 0.25) is 0 Å². The summed E-state index contributed by atoms with van der Waals surface area (Å²) in [5.41, 5.74) is 2.73. The summed E-state index contributed by atoms with van der Waals surface area (Å²) in [6.07, 6.45) is -1.77. The van der Waals surface area contributed by atoms with Crippen LogP contribution in [0.15, 0.2) is 66.9 Å². The molecule has 0 saturated heterocycles. The maximum Gasteiger partial charge on any atom is 0.416 e. The first-order valence-corrected chi connectivity index (χ1v) is 9.84. The Bertz CT molecular complexity index is 1180. The third-order valence-corrected chi connectivity index (χ3v) is 5.10. The van der Waals surface area contributed by atoms with E-state index < -0.39 is 17.8 Å². The molecule has 1 amide bonds. The zero-order valence-corrected chi connectivity index (χ0v) is 16.8. The number of carbonyl (C=O) groups is 1. The van der Waals surface area contributed by atoms with E-state index in [-0.39, 0.29) is 5.82 Å². The van der Waals surface area contributed by atoms with Crippen molar-refractivity contribution in [2.24, 2.45) is 0 Å². The van der Waals surface area contributed by atoms with Crippen LogP contribution in [-0.2, 0) is 6.18 Å². The van der Waals surface area contributed by atoms with Crippen molar-refractivity contribution >= 4 is 23.3 Å². The van der Waals surface area contributed by atoms with Gasteiger partial charge >= 0.3 is 12.3 Å². The Morgan fingerprint density at radius 2 is 1.81 bits per heavy atom. The molecular weight excluding hydrogens is 421 g/mol. The monoisotopic (exact) mass is 440 g/mol. The number of nitrogens with zero attached hydrogens (tertiary/aromatic N) is 3. The standard InChI is InChI=1S/C23H19F3N4O2/c24-23(25,26)18-7-10-27-21(14-18)29-20-6-2-5-19(28-20)17-4-1-3-16(13-17)15-8-11-30(12-9-15)22(31)32/h1-8,10,13-14H,9,11-12H2,(H,31,32)(H,27,28,29). The van der Waals surface area contributed by atoms with Crippen molar-refractivity contribution in [3.63, 3.8) is 0 Å². The molecule has 0 bridgehead atoms. The maximum atomic E-state index is 12.9. The molecule has 2 aromatic heterocycles. The molecule has 0 atom stereocenters. The first-order chi connectivity index (χ1) is 15.3. The molecule has 0 spiro atoms. The highest BCUT2D eigenvalue weighted by atomic mass is 19.4. The molecule has 0 aliphatic carbocycles. The van der Waals surface area contributed by atoms with Crippen LogP contribution in [0.25, 0.3) is 16.8 Å². The van der Waals surface area contributed by atoms with Gasteiger partial charge in [0.05, 0.1) is 11.3 Å². The van der Waals surface area contributed by atoms with Crippen LogP contribution in [0.3, 0.4) is 0 Å². The van der Waals surface area contributed by atoms with Crippen molar-refractivity contribution in [2.75, 3.05) is 18.4 Å². The molecule has 32 heavy (non-hydrogen) atoms. The van der Waals surface area contributed by atoms with Gasteiger partial charge in [-0.15, -0.1) is 0 Å². The van der Waals surface area contributed by atoms with Gasteiger partial charge in [0.1, 0.15) is 11.6 Å². The van der Waals surface area contributed by atoms with Gasteiger partial charge in [-0.1, -0.05) is 30.3 Å². The number of rotatable bonds is 4. The highest BCUT2D eigenvalue weighted by Gasteiger charge is 2.30. The van der Waals surface area contributed by atoms with Crippen LogP contribution in [0.1, 0.15) is 17.5 Å². The molecule has 6 nitrogen and oxygen atoms in total. The van der Waals surface area contributed by atoms with Gasteiger partial charge in [-0.05, 0) is 47.9 Å². The summed E-state index contributed by atoms with van der Waals surface area (Å²) in [5.74, 6) is 0.419. The summed E-state index contributed by atoms with van der Waals surface area (Å²) in [7, 11) is 0. The molecule has 1 aliphatic rings. The number of alkyl halides is 3. The molecule has 0 radical (unpaired) electrons. The van der Waals surface area contributed by atoms with E-state index in [0.29, 0.717) is 31.0 Å². The molecule has 164 valence electrons. The van der Waals surface area contributed by atoms with Crippen molar-refractivity contribution in [3.05, 3.63) is 78.0 Å². The SMILES string of the molecule is O=C(O)N1CC=C(c2cccc(-c3cccc(Nc4cc(C(F)(F)F)ccn4)n3)c2)CC1. The molecule has 0 fully saturated rings. The summed E-state index contributed by atoms with van der Waals surface area (Å²) < 4.78 is 38.8. The molecule has 3 aromatic rings. The normalized spacial score (nSPS) is 14.1. The lowest BCUT2D eigenvalue weighted by Gasteiger charge is -2.24. The lowest BCUT2D eigenvalue weighted by Crippen LogP contribution is -2.33. The number of pyridine rings is 2. The largest absolute Gasteiger partial charge is 0.465 e. The summed E-state index contributed by atoms with van der Waals surface area (Å²) in [4.78, 5) is 20.9. The van der Waals surface area contributed by atoms with E-state index in [9.17, 15) is 18.0 Å². The number of anilines is 2. The topological polar surface area (TPSA) is 78.4 Å². The summed E-state index contributed by atoms with van der Waals surface area (Å²) in [6, 6.07) is 14.8. The van der Waals surface area contributed by atoms with Crippen molar-refractivity contribution in [1.82, 2.24) is 14.9 Å². The van der Waals surface area contributed by atoms with Crippen molar-refractivity contribution in [3.8, 4) is 11.3 Å². The molecule has 4 rings (SSSR count). The van der Waals surface area contributed by atoms with Gasteiger partial charge in [0.25, 0.3) is 0 Å². The summed E-state index contributed by atoms with van der Waals surface area (Å²) >= 11 is 0. The van der Waals surface area contributed by atoms with Gasteiger partial charge in [0.15, 0.2) is 0 Å². The van der Waals surface area contributed by atoms with E-state index in [4.69, 9.17) is 5.11 Å². The van der Waals surface area contributed by atoms with Crippen molar-refractivity contribution in [2.45, 2.75) is 12.6 Å². The lowest BCUT2D eigenvalue weighted by atomic mass is 9.97. The van der Waals surface area contributed by atoms with Gasteiger partial charge in [-0.25, -0.2) is 14.8 Å². The average Bonchev–Trinajstić information content (AvgIpc) is 2.79. The van der Waals surface area contributed by atoms with Crippen LogP contribution < -0.4 is 5.32 Å². The van der Waals surface area contributed by atoms with Crippen LogP contribution >= 0.6 is 0 Å². The molecule has 2 N–H and O–H groups in total. The zero-order chi connectivity index (χ0) is 22.7. The Kier molecular flexibility index (Phi) is 5.81. The first-order valence-electron chi connectivity index (χ1n) is 9.84. The fourth-order valence-electron chi connectivity index (χ4n) is 3.45. The van der Waals surface area contributed by atoms with Gasteiger partial charge < -0.3 is 15.3 Å². The Hall–Kier alpha value is -3.88. The van der Waals surface area contributed by atoms with Gasteiger partial charge in [-0.3, -0.25) is 0 Å². The van der Waals surface area contributed by atoms with E-state index >= 15 is 0 Å². The molecule has 1 aromatic carbocycles. The quantitative estimate of drug-likeness (QED) is 0.546. The number of hydrogen-bond acceptors (Lipinski definition) is 4. The number of nitrogens with one attached hydrogen (secondary N) is 1. The molecule has 0 unspecified atom stereocenters. The fraction of sp³-hybridized carbons (Fsp3) is 0.174. The minimum Gasteiger partial charge on any atom is -0.465 e. The number of benzene rings is 1. The number of amides is 1. The zero-order valence-electron chi connectivity index (χ0n) is 16.8. The van der Waals surface area contributed by atoms with E-state index in [1.165, 1.54) is 4.90 Å². The van der Waals surface area contributed by atoms with Gasteiger partial charge in [0, 0.05) is 24.8 Å². The van der Waals surface area contributed by atoms with Crippen LogP contribution in [0.4, 0.5) is 29.6 Å². The van der Waals surface area contributed by atoms with E-state index in [1.54, 1.807) is 12.1 Å². The summed E-state index contributed by atoms with van der Waals surface area (Å²) in [6.45, 7) is 0.781. The summed E-state index contributed by atoms with van der Waals surface area (Å²) in [5, 5.41) is 11.9. The van der Waals surface area contributed by atoms with E-state index in [1.807, 2.05) is 36.4 Å². The Balaban J connectivity index is 1.56. The maximum absolute atomic E-state index is 12.9. The van der Waals surface area contributed by atoms with Crippen molar-refractivity contribution in [1.29, 1.82) is 0 Å². The lowest BCUT2D eigenvalue weighted by molar-refractivity contribution is -0.137. The number of aromatic nitrogens is 2. The predicted molar refractivity (Wildman–Crippen MR) is 114 cm³/mol. The van der Waals surface area contributed by atoms with Crippen LogP contribution in [0, 0.1) is 0 Å². The fourth-order valence-corrected chi connectivity index (χ4v) is 3.45. The molecular formula is C23H19F3N4O2. The Morgan fingerprint density at radius 3 is 2.53 bits per heavy atom. The Labute approximate surface area is 182 Å². The highest BCUT2D eigenvalue weighted by Crippen LogP contribution is 2.31. The molecule has 3 heterocycles. The number of halogens is 3. The highest BCUT2D eigenvalue weighted by molar-refractivity contribution is 5.74. The number of hydrogen-bond donors (Lipinski definition) is 2. The van der Waals surface area contributed by atoms with Crippen molar-refractivity contribution < 1.29 is 23.1 Å². The third kappa shape index (κ3) is 4.88. The van der Waals surface area contributed by atoms with E-state index in [2.05, 4.69) is 15.3 Å². The second kappa shape index (κ2) is 8.70. The Morgan fingerprint density at radius 1 is 1.03 bits per heavy atom. The van der Waals surface area contributed by atoms with Crippen LogP contribution in [0.5, 0.6) is 0 Å². The third-order valence-electron chi connectivity index (χ3n) is 5.10. The second-order valence-corrected chi connectivity index (χ2v) is 7.25. The smallest absolute Gasteiger partial charge is 0.416 e. The number of carboxylic acid groups (broad SMARTS) is 1. The van der Waals surface area contributed by atoms with E-state index in [0.717, 1.165) is 35.0 Å². The van der Waals surface area contributed by atoms with Crippen LogP contribution in [0.2, 0.25) is 0 Å². The molecule has 0 saturated carbocycles.